The van der Waals surface area contributed by atoms with Crippen LogP contribution in [-0.4, -0.2) is 24.8 Å². The molecule has 7 nitrogen and oxygen atoms in total. The average molecular weight is 394 g/mol. The first-order valence-corrected chi connectivity index (χ1v) is 9.69. The molecule has 5 aromatic rings. The predicted molar refractivity (Wildman–Crippen MR) is 112 cm³/mol. The highest BCUT2D eigenvalue weighted by Gasteiger charge is 2.15. The number of nitrogens with zero attached hydrogens (tertiary/aromatic N) is 6. The minimum absolute atomic E-state index is 0.477. The second kappa shape index (κ2) is 7.08. The van der Waals surface area contributed by atoms with Gasteiger partial charge in [-0.3, -0.25) is 0 Å². The standard InChI is InChI=1S/C23H18N6O/c1-14-20(15(2)29-22(26-14)19(12-24)13-25-29)9-10-21-27-28-23(30-21)18-8-7-16-5-3-4-6-17(16)11-18/h3-8,11,13H,9-10H2,1-2H3. The monoisotopic (exact) mass is 394 g/mol. The van der Waals surface area contributed by atoms with Crippen molar-refractivity contribution in [2.45, 2.75) is 26.7 Å². The Morgan fingerprint density at radius 2 is 1.87 bits per heavy atom. The highest BCUT2D eigenvalue weighted by Crippen LogP contribution is 2.24. The van der Waals surface area contributed by atoms with Gasteiger partial charge in [0.2, 0.25) is 11.8 Å². The van der Waals surface area contributed by atoms with Gasteiger partial charge in [0.15, 0.2) is 5.65 Å². The summed E-state index contributed by atoms with van der Waals surface area (Å²) in [6.07, 6.45) is 2.84. The maximum absolute atomic E-state index is 9.21. The Morgan fingerprint density at radius 3 is 2.70 bits per heavy atom. The van der Waals surface area contributed by atoms with Crippen molar-refractivity contribution in [3.63, 3.8) is 0 Å². The Balaban J connectivity index is 1.40. The van der Waals surface area contributed by atoms with E-state index in [4.69, 9.17) is 4.42 Å². The Hall–Kier alpha value is -4.05. The van der Waals surface area contributed by atoms with Crippen molar-refractivity contribution < 1.29 is 4.42 Å². The van der Waals surface area contributed by atoms with Crippen LogP contribution in [0.5, 0.6) is 0 Å². The summed E-state index contributed by atoms with van der Waals surface area (Å²) >= 11 is 0. The van der Waals surface area contributed by atoms with Gasteiger partial charge < -0.3 is 4.42 Å². The van der Waals surface area contributed by atoms with Gasteiger partial charge in [0, 0.05) is 23.4 Å². The molecular weight excluding hydrogens is 376 g/mol. The third-order valence-corrected chi connectivity index (χ3v) is 5.38. The zero-order valence-electron chi connectivity index (χ0n) is 16.6. The van der Waals surface area contributed by atoms with E-state index in [-0.39, 0.29) is 0 Å². The summed E-state index contributed by atoms with van der Waals surface area (Å²) in [6, 6.07) is 16.4. The summed E-state index contributed by atoms with van der Waals surface area (Å²) in [7, 11) is 0. The smallest absolute Gasteiger partial charge is 0.247 e. The van der Waals surface area contributed by atoms with Crippen LogP contribution in [0.2, 0.25) is 0 Å². The van der Waals surface area contributed by atoms with Gasteiger partial charge in [-0.25, -0.2) is 9.50 Å². The minimum Gasteiger partial charge on any atom is -0.421 e. The van der Waals surface area contributed by atoms with Crippen molar-refractivity contribution in [1.82, 2.24) is 24.8 Å². The summed E-state index contributed by atoms with van der Waals surface area (Å²) < 4.78 is 7.64. The zero-order chi connectivity index (χ0) is 20.7. The van der Waals surface area contributed by atoms with E-state index in [2.05, 4.69) is 50.6 Å². The lowest BCUT2D eigenvalue weighted by atomic mass is 10.1. The summed E-state index contributed by atoms with van der Waals surface area (Å²) in [5.41, 5.74) is 4.89. The van der Waals surface area contributed by atoms with E-state index in [1.165, 1.54) is 5.39 Å². The number of aromatic nitrogens is 5. The normalized spacial score (nSPS) is 11.2. The number of nitriles is 1. The van der Waals surface area contributed by atoms with Gasteiger partial charge in [-0.2, -0.15) is 10.4 Å². The van der Waals surface area contributed by atoms with Gasteiger partial charge in [0.25, 0.3) is 0 Å². The van der Waals surface area contributed by atoms with Crippen molar-refractivity contribution in [3.05, 3.63) is 77.1 Å². The number of fused-ring (bicyclic) bond motifs is 2. The molecule has 0 radical (unpaired) electrons. The Bertz CT molecular complexity index is 1440. The van der Waals surface area contributed by atoms with Crippen LogP contribution in [0.15, 0.2) is 53.1 Å². The largest absolute Gasteiger partial charge is 0.421 e. The molecule has 7 heteroatoms. The van der Waals surface area contributed by atoms with Crippen LogP contribution in [0, 0.1) is 25.2 Å². The first-order chi connectivity index (χ1) is 14.6. The molecule has 5 rings (SSSR count). The van der Waals surface area contributed by atoms with Crippen LogP contribution in [0.3, 0.4) is 0 Å². The van der Waals surface area contributed by atoms with Gasteiger partial charge >= 0.3 is 0 Å². The molecule has 0 aliphatic rings. The lowest BCUT2D eigenvalue weighted by Gasteiger charge is -2.10. The van der Waals surface area contributed by atoms with Crippen LogP contribution in [0.1, 0.15) is 28.4 Å². The molecule has 0 saturated heterocycles. The molecule has 146 valence electrons. The van der Waals surface area contributed by atoms with Crippen molar-refractivity contribution in [2.24, 2.45) is 0 Å². The lowest BCUT2D eigenvalue weighted by molar-refractivity contribution is 0.504. The molecule has 0 aliphatic heterocycles. The van der Waals surface area contributed by atoms with Crippen molar-refractivity contribution in [2.75, 3.05) is 0 Å². The highest BCUT2D eigenvalue weighted by molar-refractivity contribution is 5.86. The summed E-state index contributed by atoms with van der Waals surface area (Å²) in [6.45, 7) is 3.93. The number of rotatable bonds is 4. The van der Waals surface area contributed by atoms with E-state index < -0.39 is 0 Å². The molecular formula is C23H18N6O. The van der Waals surface area contributed by atoms with Crippen molar-refractivity contribution in [1.29, 1.82) is 5.26 Å². The van der Waals surface area contributed by atoms with E-state index in [1.807, 2.05) is 32.0 Å². The van der Waals surface area contributed by atoms with Crippen molar-refractivity contribution in [3.8, 4) is 17.5 Å². The molecule has 0 amide bonds. The molecule has 0 atom stereocenters. The molecule has 3 heterocycles. The number of hydrogen-bond acceptors (Lipinski definition) is 6. The Labute approximate surface area is 172 Å². The van der Waals surface area contributed by atoms with E-state index >= 15 is 0 Å². The second-order valence-electron chi connectivity index (χ2n) is 7.23. The van der Waals surface area contributed by atoms with Gasteiger partial charge in [-0.05, 0) is 48.7 Å². The number of hydrogen-bond donors (Lipinski definition) is 0. The maximum atomic E-state index is 9.21. The van der Waals surface area contributed by atoms with Crippen LogP contribution < -0.4 is 0 Å². The number of benzene rings is 2. The summed E-state index contributed by atoms with van der Waals surface area (Å²) in [4.78, 5) is 4.57. The predicted octanol–water partition coefficient (Wildman–Crippen LogP) is 4.21. The fourth-order valence-corrected chi connectivity index (χ4v) is 3.78. The SMILES string of the molecule is Cc1nc2c(C#N)cnn2c(C)c1CCc1nnc(-c2ccc3ccccc3c2)o1. The van der Waals surface area contributed by atoms with Crippen molar-refractivity contribution >= 4 is 16.4 Å². The van der Waals surface area contributed by atoms with Crippen LogP contribution >= 0.6 is 0 Å². The van der Waals surface area contributed by atoms with Gasteiger partial charge in [-0.15, -0.1) is 10.2 Å². The third kappa shape index (κ3) is 2.99. The number of aryl methyl sites for hydroxylation is 3. The molecule has 0 N–H and O–H groups in total. The first kappa shape index (κ1) is 18.0. The molecule has 0 spiro atoms. The molecule has 0 fully saturated rings. The molecule has 3 aromatic heterocycles. The summed E-state index contributed by atoms with van der Waals surface area (Å²) in [5.74, 6) is 1.10. The molecule has 0 aliphatic carbocycles. The fourth-order valence-electron chi connectivity index (χ4n) is 3.78. The van der Waals surface area contributed by atoms with Gasteiger partial charge in [0.05, 0.1) is 6.20 Å². The quantitative estimate of drug-likeness (QED) is 0.453. The fraction of sp³-hybridized carbons (Fsp3) is 0.174. The van der Waals surface area contributed by atoms with E-state index in [0.29, 0.717) is 35.8 Å². The second-order valence-corrected chi connectivity index (χ2v) is 7.23. The topological polar surface area (TPSA) is 92.9 Å². The Kier molecular flexibility index (Phi) is 4.25. The molecule has 30 heavy (non-hydrogen) atoms. The van der Waals surface area contributed by atoms with Gasteiger partial charge in [-0.1, -0.05) is 30.3 Å². The zero-order valence-corrected chi connectivity index (χ0v) is 16.6. The highest BCUT2D eigenvalue weighted by atomic mass is 16.4. The van der Waals surface area contributed by atoms with Gasteiger partial charge in [0.1, 0.15) is 11.6 Å². The average Bonchev–Trinajstić information content (AvgIpc) is 3.40. The third-order valence-electron chi connectivity index (χ3n) is 5.38. The van der Waals surface area contributed by atoms with Crippen LogP contribution in [0.25, 0.3) is 27.9 Å². The molecule has 0 saturated carbocycles. The van der Waals surface area contributed by atoms with E-state index in [1.54, 1.807) is 10.7 Å². The Morgan fingerprint density at radius 1 is 1.03 bits per heavy atom. The van der Waals surface area contributed by atoms with E-state index in [9.17, 15) is 5.26 Å². The first-order valence-electron chi connectivity index (χ1n) is 9.69. The van der Waals surface area contributed by atoms with E-state index in [0.717, 1.165) is 27.9 Å². The van der Waals surface area contributed by atoms with Crippen LogP contribution in [0.4, 0.5) is 0 Å². The summed E-state index contributed by atoms with van der Waals surface area (Å²) in [5, 5.41) is 24.3. The lowest BCUT2D eigenvalue weighted by Crippen LogP contribution is -2.07. The minimum atomic E-state index is 0.477. The molecule has 0 unspecified atom stereocenters. The molecule has 0 bridgehead atoms. The maximum Gasteiger partial charge on any atom is 0.247 e. The molecule has 2 aromatic carbocycles. The van der Waals surface area contributed by atoms with Crippen LogP contribution in [-0.2, 0) is 12.8 Å².